The molecule has 0 radical (unpaired) electrons. The zero-order valence-corrected chi connectivity index (χ0v) is 11.5. The summed E-state index contributed by atoms with van der Waals surface area (Å²) in [6.07, 6.45) is 1.31. The Balaban J connectivity index is 1.68. The van der Waals surface area contributed by atoms with Crippen LogP contribution in [0.15, 0.2) is 59.3 Å². The minimum atomic E-state index is 0.448. The number of para-hydroxylation sites is 1. The number of hydrogen-bond acceptors (Lipinski definition) is 5. The molecule has 0 bridgehead atoms. The summed E-state index contributed by atoms with van der Waals surface area (Å²) in [6, 6.07) is 15.3. The van der Waals surface area contributed by atoms with Crippen molar-refractivity contribution in [3.8, 4) is 23.0 Å². The van der Waals surface area contributed by atoms with Crippen molar-refractivity contribution in [2.45, 2.75) is 6.61 Å². The Kier molecular flexibility index (Phi) is 3.82. The Morgan fingerprint density at radius 3 is 2.57 bits per heavy atom. The Hall–Kier alpha value is -2.82. The van der Waals surface area contributed by atoms with Crippen LogP contribution in [-0.4, -0.2) is 17.3 Å². The molecule has 5 heteroatoms. The van der Waals surface area contributed by atoms with Gasteiger partial charge in [0.2, 0.25) is 12.3 Å². The van der Waals surface area contributed by atoms with Crippen LogP contribution < -0.4 is 9.47 Å². The van der Waals surface area contributed by atoms with E-state index in [0.717, 1.165) is 22.6 Å². The molecule has 1 aromatic heterocycles. The molecule has 0 saturated carbocycles. The number of ether oxygens (including phenoxy) is 2. The van der Waals surface area contributed by atoms with Gasteiger partial charge >= 0.3 is 0 Å². The maximum absolute atomic E-state index is 5.76. The largest absolute Gasteiger partial charge is 0.496 e. The molecular formula is C16H14N2O3. The second-order valence-corrected chi connectivity index (χ2v) is 4.37. The molecule has 0 aliphatic heterocycles. The summed E-state index contributed by atoms with van der Waals surface area (Å²) < 4.78 is 16.2. The lowest BCUT2D eigenvalue weighted by Gasteiger charge is -2.10. The van der Waals surface area contributed by atoms with Crippen molar-refractivity contribution in [2.24, 2.45) is 0 Å². The fourth-order valence-electron chi connectivity index (χ4n) is 1.98. The highest BCUT2D eigenvalue weighted by Gasteiger charge is 2.05. The van der Waals surface area contributed by atoms with Crippen LogP contribution in [-0.2, 0) is 6.61 Å². The Morgan fingerprint density at radius 1 is 1.05 bits per heavy atom. The molecule has 0 unspecified atom stereocenters. The van der Waals surface area contributed by atoms with Crippen molar-refractivity contribution in [3.05, 3.63) is 60.5 Å². The predicted octanol–water partition coefficient (Wildman–Crippen LogP) is 3.32. The van der Waals surface area contributed by atoms with Gasteiger partial charge in [0, 0.05) is 11.1 Å². The second-order valence-electron chi connectivity index (χ2n) is 4.37. The van der Waals surface area contributed by atoms with E-state index in [-0.39, 0.29) is 0 Å². The SMILES string of the molecule is COc1ccccc1COc1ccc(-c2nnco2)cc1. The zero-order chi connectivity index (χ0) is 14.5. The van der Waals surface area contributed by atoms with Crippen LogP contribution in [0.4, 0.5) is 0 Å². The van der Waals surface area contributed by atoms with Gasteiger partial charge in [-0.1, -0.05) is 18.2 Å². The topological polar surface area (TPSA) is 57.4 Å². The first-order valence-electron chi connectivity index (χ1n) is 6.48. The van der Waals surface area contributed by atoms with E-state index < -0.39 is 0 Å². The molecule has 0 fully saturated rings. The van der Waals surface area contributed by atoms with Gasteiger partial charge in [-0.05, 0) is 30.3 Å². The molecule has 0 spiro atoms. The average Bonchev–Trinajstić information content (AvgIpc) is 3.08. The normalized spacial score (nSPS) is 10.3. The first-order valence-corrected chi connectivity index (χ1v) is 6.48. The number of benzene rings is 2. The van der Waals surface area contributed by atoms with Gasteiger partial charge in [-0.2, -0.15) is 0 Å². The molecule has 106 valence electrons. The molecule has 1 heterocycles. The molecule has 3 rings (SSSR count). The first-order chi connectivity index (χ1) is 10.4. The highest BCUT2D eigenvalue weighted by Crippen LogP contribution is 2.23. The molecule has 21 heavy (non-hydrogen) atoms. The van der Waals surface area contributed by atoms with E-state index >= 15 is 0 Å². The molecule has 0 saturated heterocycles. The third kappa shape index (κ3) is 3.02. The average molecular weight is 282 g/mol. The van der Waals surface area contributed by atoms with Crippen LogP contribution in [0.3, 0.4) is 0 Å². The highest BCUT2D eigenvalue weighted by molar-refractivity contribution is 5.53. The highest BCUT2D eigenvalue weighted by atomic mass is 16.5. The third-order valence-corrected chi connectivity index (χ3v) is 3.05. The van der Waals surface area contributed by atoms with Crippen molar-refractivity contribution in [1.29, 1.82) is 0 Å². The number of methoxy groups -OCH3 is 1. The van der Waals surface area contributed by atoms with Gasteiger partial charge in [-0.25, -0.2) is 0 Å². The Morgan fingerprint density at radius 2 is 1.86 bits per heavy atom. The summed E-state index contributed by atoms with van der Waals surface area (Å²) in [5.74, 6) is 2.08. The van der Waals surface area contributed by atoms with Crippen LogP contribution in [0, 0.1) is 0 Å². The fourth-order valence-corrected chi connectivity index (χ4v) is 1.98. The van der Waals surface area contributed by atoms with E-state index in [1.165, 1.54) is 6.39 Å². The number of nitrogens with zero attached hydrogens (tertiary/aromatic N) is 2. The molecule has 2 aromatic carbocycles. The molecule has 0 aliphatic carbocycles. The first kappa shape index (κ1) is 13.2. The summed E-state index contributed by atoms with van der Waals surface area (Å²) in [5, 5.41) is 7.51. The van der Waals surface area contributed by atoms with Crippen LogP contribution in [0.2, 0.25) is 0 Å². The molecule has 0 amide bonds. The molecule has 0 aliphatic rings. The van der Waals surface area contributed by atoms with Gasteiger partial charge in [0.1, 0.15) is 18.1 Å². The lowest BCUT2D eigenvalue weighted by molar-refractivity contribution is 0.296. The van der Waals surface area contributed by atoms with E-state index in [2.05, 4.69) is 10.2 Å². The van der Waals surface area contributed by atoms with Crippen molar-refractivity contribution in [3.63, 3.8) is 0 Å². The van der Waals surface area contributed by atoms with Crippen molar-refractivity contribution in [1.82, 2.24) is 10.2 Å². The summed E-state index contributed by atoms with van der Waals surface area (Å²) in [5.41, 5.74) is 1.86. The standard InChI is InChI=1S/C16H14N2O3/c1-19-15-5-3-2-4-13(15)10-20-14-8-6-12(7-9-14)16-18-17-11-21-16/h2-9,11H,10H2,1H3. The summed E-state index contributed by atoms with van der Waals surface area (Å²) in [6.45, 7) is 0.448. The maximum Gasteiger partial charge on any atom is 0.247 e. The van der Waals surface area contributed by atoms with E-state index in [1.807, 2.05) is 48.5 Å². The zero-order valence-electron chi connectivity index (χ0n) is 11.5. The van der Waals surface area contributed by atoms with Gasteiger partial charge < -0.3 is 13.9 Å². The molecule has 5 nitrogen and oxygen atoms in total. The molecular weight excluding hydrogens is 268 g/mol. The van der Waals surface area contributed by atoms with E-state index in [0.29, 0.717) is 12.5 Å². The van der Waals surface area contributed by atoms with Crippen molar-refractivity contribution in [2.75, 3.05) is 7.11 Å². The number of rotatable bonds is 5. The maximum atomic E-state index is 5.76. The van der Waals surface area contributed by atoms with Gasteiger partial charge in [0.05, 0.1) is 7.11 Å². The smallest absolute Gasteiger partial charge is 0.247 e. The van der Waals surface area contributed by atoms with Crippen molar-refractivity contribution >= 4 is 0 Å². The third-order valence-electron chi connectivity index (χ3n) is 3.05. The molecule has 0 N–H and O–H groups in total. The minimum Gasteiger partial charge on any atom is -0.496 e. The van der Waals surface area contributed by atoms with E-state index in [9.17, 15) is 0 Å². The lowest BCUT2D eigenvalue weighted by atomic mass is 10.2. The second kappa shape index (κ2) is 6.09. The fraction of sp³-hybridized carbons (Fsp3) is 0.125. The molecule has 3 aromatic rings. The summed E-state index contributed by atoms with van der Waals surface area (Å²) in [7, 11) is 1.65. The van der Waals surface area contributed by atoms with E-state index in [1.54, 1.807) is 7.11 Å². The van der Waals surface area contributed by atoms with Gasteiger partial charge in [-0.3, -0.25) is 0 Å². The Labute approximate surface area is 122 Å². The summed E-state index contributed by atoms with van der Waals surface area (Å²) >= 11 is 0. The van der Waals surface area contributed by atoms with Crippen molar-refractivity contribution < 1.29 is 13.9 Å². The van der Waals surface area contributed by atoms with Gasteiger partial charge in [0.25, 0.3) is 0 Å². The lowest BCUT2D eigenvalue weighted by Crippen LogP contribution is -1.98. The van der Waals surface area contributed by atoms with Gasteiger partial charge in [-0.15, -0.1) is 10.2 Å². The number of hydrogen-bond donors (Lipinski definition) is 0. The predicted molar refractivity (Wildman–Crippen MR) is 77.1 cm³/mol. The quantitative estimate of drug-likeness (QED) is 0.718. The van der Waals surface area contributed by atoms with Crippen LogP contribution in [0.5, 0.6) is 11.5 Å². The van der Waals surface area contributed by atoms with Crippen LogP contribution >= 0.6 is 0 Å². The Bertz CT molecular complexity index is 694. The number of aromatic nitrogens is 2. The van der Waals surface area contributed by atoms with Crippen LogP contribution in [0.25, 0.3) is 11.5 Å². The van der Waals surface area contributed by atoms with Gasteiger partial charge in [0.15, 0.2) is 0 Å². The summed E-state index contributed by atoms with van der Waals surface area (Å²) in [4.78, 5) is 0. The minimum absolute atomic E-state index is 0.448. The van der Waals surface area contributed by atoms with Crippen LogP contribution in [0.1, 0.15) is 5.56 Å². The molecule has 0 atom stereocenters. The van der Waals surface area contributed by atoms with E-state index in [4.69, 9.17) is 13.9 Å². The monoisotopic (exact) mass is 282 g/mol.